The van der Waals surface area contributed by atoms with Crippen molar-refractivity contribution in [2.24, 2.45) is 17.8 Å². The first-order valence-corrected chi connectivity index (χ1v) is 9.97. The van der Waals surface area contributed by atoms with Gasteiger partial charge in [0, 0.05) is 4.83 Å². The highest BCUT2D eigenvalue weighted by atomic mass is 79.9. The minimum atomic E-state index is -1.04. The minimum Gasteiger partial charge on any atom is -0.390 e. The summed E-state index contributed by atoms with van der Waals surface area (Å²) < 4.78 is 0. The zero-order valence-corrected chi connectivity index (χ0v) is 16.8. The van der Waals surface area contributed by atoms with E-state index >= 15 is 0 Å². The zero-order chi connectivity index (χ0) is 18.3. The van der Waals surface area contributed by atoms with Crippen molar-refractivity contribution in [3.05, 3.63) is 24.3 Å². The fraction of sp³-hybridized carbons (Fsp3) is 0.800. The highest BCUT2D eigenvalue weighted by Crippen LogP contribution is 2.46. The van der Waals surface area contributed by atoms with Gasteiger partial charge in [-0.1, -0.05) is 40.2 Å². The van der Waals surface area contributed by atoms with E-state index in [1.54, 1.807) is 6.92 Å². The first-order chi connectivity index (χ1) is 11.0. The summed E-state index contributed by atoms with van der Waals surface area (Å²) in [4.78, 5) is 0.0665. The van der Waals surface area contributed by atoms with Crippen molar-refractivity contribution in [3.8, 4) is 0 Å². The van der Waals surface area contributed by atoms with Crippen molar-refractivity contribution in [1.82, 2.24) is 0 Å². The standard InChI is InChI=1S/C20H33BrO3/c1-12(2)15-7-9-20(5,24)18(22)16(15)10-13(3)14-6-8-19(4,23)17(21)11-14/h14-18,22-24H,1,3,6-11H2,2,4-5H3/t14?,15-,16-,17-,18+,19+,20+/m1/s1. The first kappa shape index (κ1) is 20.2. The van der Waals surface area contributed by atoms with Crippen molar-refractivity contribution in [2.45, 2.75) is 81.4 Å². The molecule has 0 radical (unpaired) electrons. The number of aliphatic hydroxyl groups excluding tert-OH is 1. The van der Waals surface area contributed by atoms with Crippen LogP contribution in [0.25, 0.3) is 0 Å². The van der Waals surface area contributed by atoms with E-state index in [4.69, 9.17) is 0 Å². The molecule has 0 aromatic rings. The quantitative estimate of drug-likeness (QED) is 0.494. The van der Waals surface area contributed by atoms with Gasteiger partial charge in [0.1, 0.15) is 0 Å². The number of aliphatic hydroxyl groups is 3. The smallest absolute Gasteiger partial charge is 0.0880 e. The Morgan fingerprint density at radius 2 is 1.71 bits per heavy atom. The third kappa shape index (κ3) is 4.14. The highest BCUT2D eigenvalue weighted by molar-refractivity contribution is 9.09. The second-order valence-electron chi connectivity index (χ2n) is 8.62. The summed E-state index contributed by atoms with van der Waals surface area (Å²) in [6.07, 6.45) is 3.95. The second kappa shape index (κ2) is 7.22. The van der Waals surface area contributed by atoms with Gasteiger partial charge in [-0.15, -0.1) is 0 Å². The number of alkyl halides is 1. The van der Waals surface area contributed by atoms with E-state index in [0.717, 1.165) is 36.8 Å². The molecule has 24 heavy (non-hydrogen) atoms. The summed E-state index contributed by atoms with van der Waals surface area (Å²) in [6, 6.07) is 0. The fourth-order valence-electron chi connectivity index (χ4n) is 4.44. The van der Waals surface area contributed by atoms with E-state index in [0.29, 0.717) is 18.8 Å². The molecule has 7 atom stereocenters. The molecule has 0 aromatic heterocycles. The van der Waals surface area contributed by atoms with Crippen molar-refractivity contribution < 1.29 is 15.3 Å². The van der Waals surface area contributed by atoms with Crippen molar-refractivity contribution in [2.75, 3.05) is 0 Å². The molecule has 2 aliphatic rings. The Bertz CT molecular complexity index is 497. The van der Waals surface area contributed by atoms with Gasteiger partial charge in [0.15, 0.2) is 0 Å². The average Bonchev–Trinajstić information content (AvgIpc) is 2.46. The Labute approximate surface area is 155 Å². The Hall–Kier alpha value is -0.160. The van der Waals surface area contributed by atoms with Gasteiger partial charge in [-0.2, -0.15) is 0 Å². The minimum absolute atomic E-state index is 0.0324. The van der Waals surface area contributed by atoms with Crippen LogP contribution in [-0.2, 0) is 0 Å². The molecule has 2 rings (SSSR count). The van der Waals surface area contributed by atoms with Gasteiger partial charge in [-0.25, -0.2) is 0 Å². The lowest BCUT2D eigenvalue weighted by Gasteiger charge is -2.46. The predicted octanol–water partition coefficient (Wildman–Crippen LogP) is 3.96. The van der Waals surface area contributed by atoms with E-state index in [2.05, 4.69) is 29.1 Å². The van der Waals surface area contributed by atoms with Crippen LogP contribution in [0.15, 0.2) is 24.3 Å². The SMILES string of the molecule is C=C(C[C@@H]1[C@@H](C(=C)C)CC[C@](C)(O)[C@H]1O)C1CC[C@](C)(O)[C@H](Br)C1. The predicted molar refractivity (Wildman–Crippen MR) is 102 cm³/mol. The molecule has 4 heteroatoms. The Morgan fingerprint density at radius 1 is 1.12 bits per heavy atom. The Morgan fingerprint density at radius 3 is 2.25 bits per heavy atom. The summed E-state index contributed by atoms with van der Waals surface area (Å²) in [7, 11) is 0. The van der Waals surface area contributed by atoms with Crippen molar-refractivity contribution in [1.29, 1.82) is 0 Å². The largest absolute Gasteiger partial charge is 0.390 e. The number of allylic oxidation sites excluding steroid dienone is 2. The Kier molecular flexibility index (Phi) is 6.06. The number of rotatable bonds is 4. The number of halogens is 1. The summed E-state index contributed by atoms with van der Waals surface area (Å²) >= 11 is 3.61. The summed E-state index contributed by atoms with van der Waals surface area (Å²) in [6.45, 7) is 14.0. The molecular formula is C20H33BrO3. The molecule has 3 nitrogen and oxygen atoms in total. The highest BCUT2D eigenvalue weighted by Gasteiger charge is 2.46. The lowest BCUT2D eigenvalue weighted by Crippen LogP contribution is -2.51. The monoisotopic (exact) mass is 400 g/mol. The van der Waals surface area contributed by atoms with Crippen LogP contribution < -0.4 is 0 Å². The maximum Gasteiger partial charge on any atom is 0.0880 e. The second-order valence-corrected chi connectivity index (χ2v) is 9.72. The number of hydrogen-bond acceptors (Lipinski definition) is 3. The molecule has 0 aliphatic heterocycles. The van der Waals surface area contributed by atoms with Gasteiger partial charge >= 0.3 is 0 Å². The molecule has 0 amide bonds. The molecule has 0 aromatic carbocycles. The normalized spacial score (nSPS) is 46.5. The molecule has 2 saturated carbocycles. The van der Waals surface area contributed by atoms with E-state index in [9.17, 15) is 15.3 Å². The van der Waals surface area contributed by atoms with E-state index < -0.39 is 17.3 Å². The van der Waals surface area contributed by atoms with Crippen molar-refractivity contribution in [3.63, 3.8) is 0 Å². The molecule has 0 saturated heterocycles. The summed E-state index contributed by atoms with van der Waals surface area (Å²) in [5, 5.41) is 31.5. The fourth-order valence-corrected chi connectivity index (χ4v) is 5.12. The van der Waals surface area contributed by atoms with E-state index in [1.165, 1.54) is 0 Å². The van der Waals surface area contributed by atoms with Gasteiger partial charge in [0.05, 0.1) is 17.3 Å². The van der Waals surface area contributed by atoms with E-state index in [1.807, 2.05) is 13.8 Å². The number of hydrogen-bond donors (Lipinski definition) is 3. The van der Waals surface area contributed by atoms with Crippen LogP contribution in [0.4, 0.5) is 0 Å². The van der Waals surface area contributed by atoms with Crippen LogP contribution in [0.1, 0.15) is 59.3 Å². The maximum absolute atomic E-state index is 10.7. The third-order valence-corrected chi connectivity index (χ3v) is 7.75. The van der Waals surface area contributed by atoms with Crippen molar-refractivity contribution >= 4 is 15.9 Å². The third-order valence-electron chi connectivity index (χ3n) is 6.39. The van der Waals surface area contributed by atoms with Gasteiger partial charge in [-0.05, 0) is 77.0 Å². The van der Waals surface area contributed by atoms with Crippen LogP contribution in [0.3, 0.4) is 0 Å². The molecule has 1 unspecified atom stereocenters. The molecular weight excluding hydrogens is 368 g/mol. The average molecular weight is 401 g/mol. The molecule has 3 N–H and O–H groups in total. The molecule has 2 fully saturated rings. The maximum atomic E-state index is 10.7. The van der Waals surface area contributed by atoms with Crippen LogP contribution in [0.5, 0.6) is 0 Å². The van der Waals surface area contributed by atoms with E-state index in [-0.39, 0.29) is 16.7 Å². The van der Waals surface area contributed by atoms with Gasteiger partial charge in [0.25, 0.3) is 0 Å². The lowest BCUT2D eigenvalue weighted by atomic mass is 9.64. The van der Waals surface area contributed by atoms with Crippen LogP contribution in [-0.4, -0.2) is 37.5 Å². The molecule has 0 bridgehead atoms. The lowest BCUT2D eigenvalue weighted by molar-refractivity contribution is -0.127. The van der Waals surface area contributed by atoms with Gasteiger partial charge < -0.3 is 15.3 Å². The van der Waals surface area contributed by atoms with Crippen LogP contribution >= 0.6 is 15.9 Å². The van der Waals surface area contributed by atoms with Gasteiger partial charge in [-0.3, -0.25) is 0 Å². The zero-order valence-electron chi connectivity index (χ0n) is 15.3. The van der Waals surface area contributed by atoms with Crippen LogP contribution in [0.2, 0.25) is 0 Å². The molecule has 0 spiro atoms. The van der Waals surface area contributed by atoms with Crippen LogP contribution in [0, 0.1) is 17.8 Å². The molecule has 2 aliphatic carbocycles. The first-order valence-electron chi connectivity index (χ1n) is 9.05. The summed E-state index contributed by atoms with van der Waals surface area (Å²) in [5.74, 6) is 0.540. The Balaban J connectivity index is 2.09. The molecule has 138 valence electrons. The topological polar surface area (TPSA) is 60.7 Å². The van der Waals surface area contributed by atoms with Gasteiger partial charge in [0.2, 0.25) is 0 Å². The summed E-state index contributed by atoms with van der Waals surface area (Å²) in [5.41, 5.74) is 0.506. The molecule has 0 heterocycles.